The van der Waals surface area contributed by atoms with Crippen LogP contribution in [-0.4, -0.2) is 27.1 Å². The summed E-state index contributed by atoms with van der Waals surface area (Å²) in [7, 11) is -3.55. The van der Waals surface area contributed by atoms with Gasteiger partial charge >= 0.3 is 0 Å². The molecule has 2 aromatic rings. The number of nitrogens with zero attached hydrogens (tertiary/aromatic N) is 1. The van der Waals surface area contributed by atoms with Crippen molar-refractivity contribution in [3.63, 3.8) is 0 Å². The number of aryl methyl sites for hydroxylation is 2. The van der Waals surface area contributed by atoms with Crippen molar-refractivity contribution in [2.75, 3.05) is 22.4 Å². The average Bonchev–Trinajstić information content (AvgIpc) is 2.56. The summed E-state index contributed by atoms with van der Waals surface area (Å²) in [5.41, 5.74) is 1.76. The van der Waals surface area contributed by atoms with Crippen LogP contribution in [0.4, 0.5) is 20.2 Å². The maximum absolute atomic E-state index is 13.6. The summed E-state index contributed by atoms with van der Waals surface area (Å²) in [4.78, 5) is 12.0. The van der Waals surface area contributed by atoms with Crippen molar-refractivity contribution in [2.24, 2.45) is 0 Å². The Balaban J connectivity index is 2.06. The van der Waals surface area contributed by atoms with E-state index in [1.807, 2.05) is 19.1 Å². The quantitative estimate of drug-likeness (QED) is 0.775. The molecule has 0 unspecified atom stereocenters. The third kappa shape index (κ3) is 5.50. The van der Waals surface area contributed by atoms with Crippen molar-refractivity contribution in [2.45, 2.75) is 26.7 Å². The highest BCUT2D eigenvalue weighted by Gasteiger charge is 2.20. The lowest BCUT2D eigenvalue weighted by Gasteiger charge is -2.24. The van der Waals surface area contributed by atoms with Crippen LogP contribution in [0.3, 0.4) is 0 Å². The number of nitrogens with one attached hydrogen (secondary N) is 1. The average molecular weight is 396 g/mol. The van der Waals surface area contributed by atoms with E-state index in [1.165, 1.54) is 10.4 Å². The van der Waals surface area contributed by atoms with Gasteiger partial charge in [-0.3, -0.25) is 9.10 Å². The molecular formula is C19H22F2N2O3S. The monoisotopic (exact) mass is 396 g/mol. The van der Waals surface area contributed by atoms with Gasteiger partial charge in [0.05, 0.1) is 11.9 Å². The molecule has 0 aliphatic rings. The summed E-state index contributed by atoms with van der Waals surface area (Å²) in [6.07, 6.45) is 1.22. The Morgan fingerprint density at radius 2 is 1.74 bits per heavy atom. The molecule has 2 rings (SSSR count). The van der Waals surface area contributed by atoms with Gasteiger partial charge in [0, 0.05) is 13.0 Å². The number of rotatable bonds is 7. The summed E-state index contributed by atoms with van der Waals surface area (Å²) in [5, 5.41) is 2.19. The van der Waals surface area contributed by atoms with Gasteiger partial charge in [-0.1, -0.05) is 18.2 Å². The highest BCUT2D eigenvalue weighted by Crippen LogP contribution is 2.24. The minimum absolute atomic E-state index is 0.0787. The van der Waals surface area contributed by atoms with Crippen molar-refractivity contribution in [3.8, 4) is 0 Å². The Labute approximate surface area is 158 Å². The van der Waals surface area contributed by atoms with E-state index >= 15 is 0 Å². The van der Waals surface area contributed by atoms with E-state index in [1.54, 1.807) is 13.0 Å². The molecule has 0 fully saturated rings. The molecule has 0 bridgehead atoms. The van der Waals surface area contributed by atoms with Crippen LogP contribution in [0.2, 0.25) is 0 Å². The molecule has 1 amide bonds. The first-order valence-electron chi connectivity index (χ1n) is 8.38. The number of carbonyl (C=O) groups excluding carboxylic acids is 1. The van der Waals surface area contributed by atoms with Crippen LogP contribution in [0.15, 0.2) is 36.4 Å². The van der Waals surface area contributed by atoms with E-state index < -0.39 is 33.3 Å². The van der Waals surface area contributed by atoms with Crippen LogP contribution in [0, 0.1) is 25.5 Å². The van der Waals surface area contributed by atoms with Gasteiger partial charge in [-0.15, -0.1) is 0 Å². The predicted octanol–water partition coefficient (Wildman–Crippen LogP) is 3.77. The molecule has 5 nitrogen and oxygen atoms in total. The molecule has 2 aromatic carbocycles. The van der Waals surface area contributed by atoms with Gasteiger partial charge in [0.15, 0.2) is 0 Å². The summed E-state index contributed by atoms with van der Waals surface area (Å²) in [5.74, 6) is -2.32. The standard InChI is InChI=1S/C19H22F2N2O3S/c1-13-9-10-14(2)17(12-13)23(27(3,25)26)11-5-8-18(24)22-19-15(20)6-4-7-16(19)21/h4,6-7,9-10,12H,5,8,11H2,1-3H3,(H,22,24). The molecule has 0 aliphatic carbocycles. The number of amides is 1. The van der Waals surface area contributed by atoms with Gasteiger partial charge in [0.25, 0.3) is 0 Å². The van der Waals surface area contributed by atoms with E-state index in [0.717, 1.165) is 29.5 Å². The third-order valence-electron chi connectivity index (χ3n) is 4.03. The molecule has 27 heavy (non-hydrogen) atoms. The fourth-order valence-corrected chi connectivity index (χ4v) is 3.67. The number of hydrogen-bond donors (Lipinski definition) is 1. The van der Waals surface area contributed by atoms with Crippen LogP contribution >= 0.6 is 0 Å². The number of para-hydroxylation sites is 1. The zero-order chi connectivity index (χ0) is 20.2. The lowest BCUT2D eigenvalue weighted by Crippen LogP contribution is -2.32. The number of anilines is 2. The first kappa shape index (κ1) is 20.8. The lowest BCUT2D eigenvalue weighted by molar-refractivity contribution is -0.116. The van der Waals surface area contributed by atoms with E-state index in [2.05, 4.69) is 5.32 Å². The fourth-order valence-electron chi connectivity index (χ4n) is 2.66. The maximum Gasteiger partial charge on any atom is 0.232 e. The van der Waals surface area contributed by atoms with E-state index in [9.17, 15) is 22.0 Å². The van der Waals surface area contributed by atoms with Crippen molar-refractivity contribution >= 4 is 27.3 Å². The minimum Gasteiger partial charge on any atom is -0.321 e. The Kier molecular flexibility index (Phi) is 6.54. The van der Waals surface area contributed by atoms with Crippen LogP contribution in [0.5, 0.6) is 0 Å². The van der Waals surface area contributed by atoms with E-state index in [-0.39, 0.29) is 19.4 Å². The summed E-state index contributed by atoms with van der Waals surface area (Å²) >= 11 is 0. The first-order chi connectivity index (χ1) is 12.6. The van der Waals surface area contributed by atoms with Crippen molar-refractivity contribution in [1.82, 2.24) is 0 Å². The van der Waals surface area contributed by atoms with E-state index in [4.69, 9.17) is 0 Å². The highest BCUT2D eigenvalue weighted by atomic mass is 32.2. The minimum atomic E-state index is -3.55. The third-order valence-corrected chi connectivity index (χ3v) is 5.21. The molecule has 0 aliphatic heterocycles. The molecule has 0 radical (unpaired) electrons. The second-order valence-corrected chi connectivity index (χ2v) is 8.28. The van der Waals surface area contributed by atoms with Gasteiger partial charge in [-0.25, -0.2) is 17.2 Å². The van der Waals surface area contributed by atoms with Crippen molar-refractivity contribution in [1.29, 1.82) is 0 Å². The molecule has 8 heteroatoms. The summed E-state index contributed by atoms with van der Waals surface area (Å²) in [6, 6.07) is 8.78. The molecule has 1 N–H and O–H groups in total. The van der Waals surface area contributed by atoms with Crippen LogP contribution in [0.1, 0.15) is 24.0 Å². The zero-order valence-electron chi connectivity index (χ0n) is 15.4. The predicted molar refractivity (Wildman–Crippen MR) is 102 cm³/mol. The Morgan fingerprint density at radius 3 is 2.33 bits per heavy atom. The molecule has 0 atom stereocenters. The molecule has 0 spiro atoms. The van der Waals surface area contributed by atoms with Gasteiger partial charge < -0.3 is 5.32 Å². The van der Waals surface area contributed by atoms with Gasteiger partial charge in [0.1, 0.15) is 17.3 Å². The van der Waals surface area contributed by atoms with Crippen LogP contribution < -0.4 is 9.62 Å². The number of halogens is 2. The fraction of sp³-hybridized carbons (Fsp3) is 0.316. The Bertz CT molecular complexity index is 926. The van der Waals surface area contributed by atoms with Crippen LogP contribution in [-0.2, 0) is 14.8 Å². The highest BCUT2D eigenvalue weighted by molar-refractivity contribution is 7.92. The van der Waals surface area contributed by atoms with Gasteiger partial charge in [-0.05, 0) is 49.6 Å². The Morgan fingerprint density at radius 1 is 1.11 bits per heavy atom. The van der Waals surface area contributed by atoms with Crippen LogP contribution in [0.25, 0.3) is 0 Å². The number of carbonyl (C=O) groups is 1. The second kappa shape index (κ2) is 8.47. The SMILES string of the molecule is Cc1ccc(C)c(N(CCCC(=O)Nc2c(F)cccc2F)S(C)(=O)=O)c1. The smallest absolute Gasteiger partial charge is 0.232 e. The van der Waals surface area contributed by atoms with Crippen molar-refractivity contribution in [3.05, 3.63) is 59.2 Å². The van der Waals surface area contributed by atoms with Gasteiger partial charge in [-0.2, -0.15) is 0 Å². The number of benzene rings is 2. The number of sulfonamides is 1. The molecule has 0 saturated carbocycles. The molecule has 0 heterocycles. The molecule has 0 aromatic heterocycles. The maximum atomic E-state index is 13.6. The Hall–Kier alpha value is -2.48. The van der Waals surface area contributed by atoms with E-state index in [0.29, 0.717) is 5.69 Å². The number of hydrogen-bond acceptors (Lipinski definition) is 3. The topological polar surface area (TPSA) is 66.5 Å². The molecular weight excluding hydrogens is 374 g/mol. The zero-order valence-corrected chi connectivity index (χ0v) is 16.2. The van der Waals surface area contributed by atoms with Crippen molar-refractivity contribution < 1.29 is 22.0 Å². The second-order valence-electron chi connectivity index (χ2n) is 6.37. The lowest BCUT2D eigenvalue weighted by atomic mass is 10.1. The largest absolute Gasteiger partial charge is 0.321 e. The summed E-state index contributed by atoms with van der Waals surface area (Å²) in [6.45, 7) is 3.75. The van der Waals surface area contributed by atoms with Gasteiger partial charge in [0.2, 0.25) is 15.9 Å². The first-order valence-corrected chi connectivity index (χ1v) is 10.2. The molecule has 0 saturated heterocycles. The molecule has 146 valence electrons. The normalized spacial score (nSPS) is 11.3. The summed E-state index contributed by atoms with van der Waals surface area (Å²) < 4.78 is 52.8.